The van der Waals surface area contributed by atoms with E-state index in [-0.39, 0.29) is 48.3 Å². The molecule has 142 valence electrons. The van der Waals surface area contributed by atoms with Crippen LogP contribution in [0.4, 0.5) is 5.69 Å². The summed E-state index contributed by atoms with van der Waals surface area (Å²) in [7, 11) is 0. The minimum atomic E-state index is -0.278. The maximum Gasteiger partial charge on any atom is 0.245 e. The van der Waals surface area contributed by atoms with Gasteiger partial charge in [0.25, 0.3) is 0 Å². The molecule has 7 nitrogen and oxygen atoms in total. The number of piperidine rings is 2. The zero-order valence-corrected chi connectivity index (χ0v) is 15.1. The van der Waals surface area contributed by atoms with Gasteiger partial charge in [0.2, 0.25) is 23.6 Å². The number of benzene rings is 1. The largest absolute Gasteiger partial charge is 0.338 e. The molecule has 0 radical (unpaired) electrons. The molecule has 0 bridgehead atoms. The fraction of sp³-hybridized carbons (Fsp3) is 0.400. The van der Waals surface area contributed by atoms with Crippen molar-refractivity contribution in [3.05, 3.63) is 42.5 Å². The van der Waals surface area contributed by atoms with Gasteiger partial charge in [-0.25, -0.2) is 0 Å². The molecule has 2 fully saturated rings. The normalized spacial score (nSPS) is 20.7. The molecule has 0 saturated carbocycles. The quantitative estimate of drug-likeness (QED) is 0.622. The summed E-state index contributed by atoms with van der Waals surface area (Å²) in [6, 6.07) is 7.25. The van der Waals surface area contributed by atoms with Crippen molar-refractivity contribution in [1.82, 2.24) is 10.2 Å². The lowest BCUT2D eigenvalue weighted by Gasteiger charge is -2.31. The van der Waals surface area contributed by atoms with Gasteiger partial charge in [-0.15, -0.1) is 0 Å². The van der Waals surface area contributed by atoms with Crippen LogP contribution in [0.2, 0.25) is 0 Å². The van der Waals surface area contributed by atoms with E-state index in [1.165, 1.54) is 6.08 Å². The number of hydrogen-bond acceptors (Lipinski definition) is 4. The number of hydrogen-bond donors (Lipinski definition) is 2. The molecule has 1 aromatic carbocycles. The van der Waals surface area contributed by atoms with Crippen LogP contribution in [0.1, 0.15) is 37.2 Å². The molecule has 1 aromatic rings. The zero-order chi connectivity index (χ0) is 19.4. The average molecular weight is 369 g/mol. The molecular formula is C20H23N3O4. The number of carbonyl (C=O) groups is 4. The SMILES string of the molecule is C=CC(=O)N1CCCC(C(=O)Nc2cccc(C3CC(=O)NC(=O)C3)c2)C1. The fourth-order valence-electron chi connectivity index (χ4n) is 3.65. The van der Waals surface area contributed by atoms with Crippen LogP contribution in [0.5, 0.6) is 0 Å². The molecule has 4 amide bonds. The summed E-state index contributed by atoms with van der Waals surface area (Å²) in [4.78, 5) is 49.2. The van der Waals surface area contributed by atoms with Crippen molar-refractivity contribution >= 4 is 29.3 Å². The molecule has 2 saturated heterocycles. The molecule has 3 rings (SSSR count). The Balaban J connectivity index is 1.66. The Morgan fingerprint density at radius 1 is 1.22 bits per heavy atom. The molecule has 2 aliphatic heterocycles. The predicted molar refractivity (Wildman–Crippen MR) is 99.7 cm³/mol. The van der Waals surface area contributed by atoms with Gasteiger partial charge < -0.3 is 10.2 Å². The average Bonchev–Trinajstić information content (AvgIpc) is 2.67. The van der Waals surface area contributed by atoms with Crippen LogP contribution >= 0.6 is 0 Å². The second kappa shape index (κ2) is 8.16. The van der Waals surface area contributed by atoms with Gasteiger partial charge in [-0.2, -0.15) is 0 Å². The van der Waals surface area contributed by atoms with Crippen LogP contribution in [0.25, 0.3) is 0 Å². The van der Waals surface area contributed by atoms with Crippen LogP contribution in [0.15, 0.2) is 36.9 Å². The van der Waals surface area contributed by atoms with Crippen molar-refractivity contribution in [2.75, 3.05) is 18.4 Å². The van der Waals surface area contributed by atoms with E-state index in [9.17, 15) is 19.2 Å². The number of amides is 4. The summed E-state index contributed by atoms with van der Waals surface area (Å²) >= 11 is 0. The number of carbonyl (C=O) groups excluding carboxylic acids is 4. The van der Waals surface area contributed by atoms with Crippen molar-refractivity contribution in [2.45, 2.75) is 31.6 Å². The summed E-state index contributed by atoms with van der Waals surface area (Å²) in [6.07, 6.45) is 3.28. The first-order valence-corrected chi connectivity index (χ1v) is 9.11. The lowest BCUT2D eigenvalue weighted by atomic mass is 9.89. The molecule has 7 heteroatoms. The van der Waals surface area contributed by atoms with Gasteiger partial charge in [0.05, 0.1) is 5.92 Å². The van der Waals surface area contributed by atoms with Gasteiger partial charge in [-0.05, 0) is 36.6 Å². The summed E-state index contributed by atoms with van der Waals surface area (Å²) < 4.78 is 0. The number of rotatable bonds is 4. The highest BCUT2D eigenvalue weighted by Crippen LogP contribution is 2.28. The second-order valence-electron chi connectivity index (χ2n) is 7.02. The van der Waals surface area contributed by atoms with Crippen LogP contribution in [0, 0.1) is 5.92 Å². The lowest BCUT2D eigenvalue weighted by molar-refractivity contribution is -0.134. The number of imide groups is 1. The summed E-state index contributed by atoms with van der Waals surface area (Å²) in [6.45, 7) is 4.52. The predicted octanol–water partition coefficient (Wildman–Crippen LogP) is 1.57. The number of nitrogens with zero attached hydrogens (tertiary/aromatic N) is 1. The van der Waals surface area contributed by atoms with Gasteiger partial charge in [0, 0.05) is 37.5 Å². The lowest BCUT2D eigenvalue weighted by Crippen LogP contribution is -2.43. The standard InChI is InChI=1S/C20H23N3O4/c1-2-19(26)23-8-4-6-14(12-23)20(27)21-16-7-3-5-13(9-16)15-10-17(24)22-18(25)11-15/h2-3,5,7,9,14-15H,1,4,6,8,10-12H2,(H,21,27)(H,22,24,25). The van der Waals surface area contributed by atoms with E-state index in [1.54, 1.807) is 17.0 Å². The van der Waals surface area contributed by atoms with Crippen LogP contribution in [-0.4, -0.2) is 41.6 Å². The van der Waals surface area contributed by atoms with E-state index in [4.69, 9.17) is 0 Å². The van der Waals surface area contributed by atoms with E-state index >= 15 is 0 Å². The molecule has 27 heavy (non-hydrogen) atoms. The zero-order valence-electron chi connectivity index (χ0n) is 15.1. The Hall–Kier alpha value is -2.96. The van der Waals surface area contributed by atoms with Crippen molar-refractivity contribution in [2.24, 2.45) is 5.92 Å². The number of likely N-dealkylation sites (tertiary alicyclic amines) is 1. The summed E-state index contributed by atoms with van der Waals surface area (Å²) in [5, 5.41) is 5.20. The Bertz CT molecular complexity index is 773. The summed E-state index contributed by atoms with van der Waals surface area (Å²) in [5.41, 5.74) is 1.48. The van der Waals surface area contributed by atoms with Crippen LogP contribution < -0.4 is 10.6 Å². The third-order valence-electron chi connectivity index (χ3n) is 5.05. The molecule has 0 aliphatic carbocycles. The topological polar surface area (TPSA) is 95.6 Å². The van der Waals surface area contributed by atoms with E-state index in [0.29, 0.717) is 18.8 Å². The van der Waals surface area contributed by atoms with E-state index in [1.807, 2.05) is 12.1 Å². The summed E-state index contributed by atoms with van der Waals surface area (Å²) in [5.74, 6) is -1.30. The minimum Gasteiger partial charge on any atom is -0.338 e. The van der Waals surface area contributed by atoms with Gasteiger partial charge in [-0.3, -0.25) is 24.5 Å². The molecule has 0 spiro atoms. The minimum absolute atomic E-state index is 0.133. The van der Waals surface area contributed by atoms with Gasteiger partial charge in [0.1, 0.15) is 0 Å². The molecule has 1 unspecified atom stereocenters. The Labute approximate surface area is 157 Å². The Morgan fingerprint density at radius 2 is 1.96 bits per heavy atom. The van der Waals surface area contributed by atoms with Crippen molar-refractivity contribution in [3.63, 3.8) is 0 Å². The smallest absolute Gasteiger partial charge is 0.245 e. The Kier molecular flexibility index (Phi) is 5.69. The highest BCUT2D eigenvalue weighted by atomic mass is 16.2. The molecule has 2 heterocycles. The van der Waals surface area contributed by atoms with E-state index in [0.717, 1.165) is 18.4 Å². The van der Waals surface area contributed by atoms with Crippen molar-refractivity contribution in [1.29, 1.82) is 0 Å². The van der Waals surface area contributed by atoms with Gasteiger partial charge in [-0.1, -0.05) is 18.7 Å². The monoisotopic (exact) mass is 369 g/mol. The highest BCUT2D eigenvalue weighted by Gasteiger charge is 2.28. The number of anilines is 1. The van der Waals surface area contributed by atoms with Crippen LogP contribution in [-0.2, 0) is 19.2 Å². The second-order valence-corrected chi connectivity index (χ2v) is 7.02. The first-order valence-electron chi connectivity index (χ1n) is 9.11. The maximum atomic E-state index is 12.6. The third-order valence-corrected chi connectivity index (χ3v) is 5.05. The van der Waals surface area contributed by atoms with Gasteiger partial charge >= 0.3 is 0 Å². The Morgan fingerprint density at radius 3 is 2.67 bits per heavy atom. The molecule has 1 atom stereocenters. The first kappa shape index (κ1) is 18.8. The molecule has 0 aromatic heterocycles. The third kappa shape index (κ3) is 4.61. The highest BCUT2D eigenvalue weighted by molar-refractivity contribution is 5.98. The van der Waals surface area contributed by atoms with E-state index < -0.39 is 0 Å². The van der Waals surface area contributed by atoms with E-state index in [2.05, 4.69) is 17.2 Å². The van der Waals surface area contributed by atoms with Crippen LogP contribution in [0.3, 0.4) is 0 Å². The number of nitrogens with one attached hydrogen (secondary N) is 2. The molecule has 2 aliphatic rings. The van der Waals surface area contributed by atoms with Crippen molar-refractivity contribution in [3.8, 4) is 0 Å². The fourth-order valence-corrected chi connectivity index (χ4v) is 3.65. The van der Waals surface area contributed by atoms with Gasteiger partial charge in [0.15, 0.2) is 0 Å². The first-order chi connectivity index (χ1) is 13.0. The molecule has 2 N–H and O–H groups in total. The van der Waals surface area contributed by atoms with Crippen molar-refractivity contribution < 1.29 is 19.2 Å². The maximum absolute atomic E-state index is 12.6. The molecular weight excluding hydrogens is 346 g/mol.